The minimum absolute atomic E-state index is 0.0304. The number of phosphoric acid groups is 3. The van der Waals surface area contributed by atoms with Gasteiger partial charge in [-0.1, -0.05) is 70.0 Å². The predicted molar refractivity (Wildman–Crippen MR) is 219 cm³/mol. The summed E-state index contributed by atoms with van der Waals surface area (Å²) >= 11 is 1.04. The number of thioether (sulfide) groups is 1. The Hall–Kier alpha value is -2.96. The molecule has 0 saturated carbocycles. The Morgan fingerprint density at radius 3 is 2.44 bits per heavy atom. The number of carbonyl (C=O) groups is 3. The summed E-state index contributed by atoms with van der Waals surface area (Å²) in [6.45, 7) is 2.64. The average molecular weight is 946 g/mol. The van der Waals surface area contributed by atoms with Crippen molar-refractivity contribution in [1.82, 2.24) is 30.2 Å². The quantitative estimate of drug-likeness (QED) is 0.0268. The number of allylic oxidation sites excluding steroid dienone is 3. The Balaban J connectivity index is 1.41. The normalized spacial score (nSPS) is 21.1. The number of aliphatic hydroxyl groups is 2. The summed E-state index contributed by atoms with van der Waals surface area (Å²) in [5.74, 6) is -1.13. The number of unbranched alkanes of at least 4 members (excludes halogenated alkanes) is 4. The fraction of sp³-hybridized carbons (Fsp3) is 0.636. The molecule has 28 heteroatoms. The summed E-state index contributed by atoms with van der Waals surface area (Å²) in [5.41, 5.74) is 4.27. The summed E-state index contributed by atoms with van der Waals surface area (Å²) < 4.78 is 62.2. The van der Waals surface area contributed by atoms with Crippen LogP contribution in [0, 0.1) is 5.41 Å². The van der Waals surface area contributed by atoms with Crippen LogP contribution in [0.4, 0.5) is 5.82 Å². The number of amides is 2. The van der Waals surface area contributed by atoms with Crippen LogP contribution >= 0.6 is 35.2 Å². The summed E-state index contributed by atoms with van der Waals surface area (Å²) in [4.78, 5) is 87.8. The second-order valence-corrected chi connectivity index (χ2v) is 19.5. The van der Waals surface area contributed by atoms with Gasteiger partial charge in [0.05, 0.1) is 19.5 Å². The lowest BCUT2D eigenvalue weighted by molar-refractivity contribution is -0.137. The van der Waals surface area contributed by atoms with E-state index < -0.39 is 84.6 Å². The Kier molecular flexibility index (Phi) is 20.8. The van der Waals surface area contributed by atoms with Gasteiger partial charge in [0.1, 0.15) is 36.3 Å². The average Bonchev–Trinajstić information content (AvgIpc) is 3.73. The number of nitrogens with one attached hydrogen (secondary N) is 2. The molecule has 1 fully saturated rings. The first-order chi connectivity index (χ1) is 28.6. The first-order valence-electron chi connectivity index (χ1n) is 18.9. The molecule has 1 aliphatic heterocycles. The summed E-state index contributed by atoms with van der Waals surface area (Å²) in [5, 5.41) is 26.3. The van der Waals surface area contributed by atoms with Gasteiger partial charge in [-0.05, 0) is 25.3 Å². The number of nitrogens with zero attached hydrogens (tertiary/aromatic N) is 4. The molecule has 3 rings (SSSR count). The molecule has 10 N–H and O–H groups in total. The van der Waals surface area contributed by atoms with Crippen LogP contribution in [0.25, 0.3) is 11.2 Å². The highest BCUT2D eigenvalue weighted by molar-refractivity contribution is 8.14. The van der Waals surface area contributed by atoms with Crippen molar-refractivity contribution in [3.05, 3.63) is 37.0 Å². The van der Waals surface area contributed by atoms with Crippen LogP contribution in [-0.4, -0.2) is 123 Å². The van der Waals surface area contributed by atoms with Crippen molar-refractivity contribution in [2.75, 3.05) is 37.8 Å². The third-order valence-electron chi connectivity index (χ3n) is 8.66. The number of nitrogens with two attached hydrogens (primary N) is 1. The molecule has 2 amide bonds. The molecule has 0 spiro atoms. The number of ether oxygens (including phenoxy) is 1. The molecule has 344 valence electrons. The van der Waals surface area contributed by atoms with Crippen molar-refractivity contribution < 1.29 is 80.5 Å². The molecule has 0 aliphatic carbocycles. The van der Waals surface area contributed by atoms with Gasteiger partial charge in [-0.3, -0.25) is 32.5 Å². The lowest BCUT2D eigenvalue weighted by Gasteiger charge is -2.30. The van der Waals surface area contributed by atoms with E-state index >= 15 is 0 Å². The van der Waals surface area contributed by atoms with E-state index in [0.29, 0.717) is 12.2 Å². The van der Waals surface area contributed by atoms with E-state index in [9.17, 15) is 57.9 Å². The van der Waals surface area contributed by atoms with E-state index in [1.165, 1.54) is 39.2 Å². The number of hydrogen-bond acceptors (Lipinski definition) is 18. The molecule has 0 bridgehead atoms. The summed E-state index contributed by atoms with van der Waals surface area (Å²) in [7, 11) is -16.4. The van der Waals surface area contributed by atoms with Crippen LogP contribution in [-0.2, 0) is 50.7 Å². The number of aliphatic hydroxyl groups excluding tert-OH is 2. The van der Waals surface area contributed by atoms with E-state index in [-0.39, 0.29) is 41.6 Å². The third kappa shape index (κ3) is 18.0. The Morgan fingerprint density at radius 1 is 1.02 bits per heavy atom. The smallest absolute Gasteiger partial charge is 0.386 e. The molecule has 2 aromatic rings. The number of anilines is 1. The SMILES string of the molecule is CCCCCC/C=C\C/C=C/C(=O)SCCNC(=O)CCNC(=O)[C@H](O)C(C)(C)COP(=O)(O)OP(=O)(O)OC[C@H]1O[C@@H](n2cnc3c(N)ncnc32)C(O)[C@H]1OP(=O)(O)O. The van der Waals surface area contributed by atoms with Crippen molar-refractivity contribution in [3.8, 4) is 0 Å². The molecule has 2 aromatic heterocycles. The molecule has 7 atom stereocenters. The molecule has 0 aromatic carbocycles. The maximum absolute atomic E-state index is 12.7. The highest BCUT2D eigenvalue weighted by Crippen LogP contribution is 2.61. The lowest BCUT2D eigenvalue weighted by atomic mass is 9.87. The van der Waals surface area contributed by atoms with Gasteiger partial charge in [-0.2, -0.15) is 4.31 Å². The minimum atomic E-state index is -5.57. The van der Waals surface area contributed by atoms with Crippen molar-refractivity contribution in [1.29, 1.82) is 0 Å². The molecule has 3 heterocycles. The van der Waals surface area contributed by atoms with Gasteiger partial charge in [0.15, 0.2) is 17.7 Å². The van der Waals surface area contributed by atoms with E-state index in [1.807, 2.05) is 6.08 Å². The van der Waals surface area contributed by atoms with Crippen LogP contribution in [0.3, 0.4) is 0 Å². The standard InChI is InChI=1S/C33H54N7O17P3S/c1-4-5-6-7-8-9-10-11-12-13-24(42)61-17-16-35-23(41)14-15-36-31(45)28(44)33(2,3)19-54-60(51,52)57-59(49,50)53-18-22-27(56-58(46,47)48)26(43)32(55-22)40-21-39-25-29(34)37-20-38-30(25)40/h9-10,12-13,20-22,26-28,32,43-44H,4-8,11,14-19H2,1-3H3,(H,35,41)(H,36,45)(H,49,50)(H,51,52)(H2,34,37,38)(H2,46,47,48)/b10-9-,13-12+/t22-,26?,27+,28+,32-/m1/s1. The second-order valence-electron chi connectivity index (χ2n) is 14.2. The number of rotatable bonds is 27. The van der Waals surface area contributed by atoms with Crippen LogP contribution < -0.4 is 16.4 Å². The van der Waals surface area contributed by atoms with Gasteiger partial charge in [-0.15, -0.1) is 0 Å². The van der Waals surface area contributed by atoms with Crippen LogP contribution in [0.15, 0.2) is 37.0 Å². The molecule has 61 heavy (non-hydrogen) atoms. The van der Waals surface area contributed by atoms with Gasteiger partial charge >= 0.3 is 23.5 Å². The van der Waals surface area contributed by atoms with Gasteiger partial charge in [0.25, 0.3) is 0 Å². The minimum Gasteiger partial charge on any atom is -0.386 e. The van der Waals surface area contributed by atoms with Gasteiger partial charge in [0, 0.05) is 30.7 Å². The van der Waals surface area contributed by atoms with Crippen molar-refractivity contribution in [3.63, 3.8) is 0 Å². The zero-order valence-electron chi connectivity index (χ0n) is 33.6. The van der Waals surface area contributed by atoms with Crippen LogP contribution in [0.1, 0.15) is 71.9 Å². The van der Waals surface area contributed by atoms with Gasteiger partial charge in [-0.25, -0.2) is 28.6 Å². The fourth-order valence-corrected chi connectivity index (χ4v) is 8.90. The van der Waals surface area contributed by atoms with Crippen molar-refractivity contribution in [2.24, 2.45) is 5.41 Å². The first kappa shape index (κ1) is 52.4. The number of imidazole rings is 1. The first-order valence-corrected chi connectivity index (χ1v) is 24.4. The fourth-order valence-electron chi connectivity index (χ4n) is 5.48. The third-order valence-corrected chi connectivity index (χ3v) is 12.6. The van der Waals surface area contributed by atoms with Crippen molar-refractivity contribution in [2.45, 2.75) is 96.4 Å². The molecular weight excluding hydrogens is 891 g/mol. The Morgan fingerprint density at radius 2 is 1.74 bits per heavy atom. The molecule has 24 nitrogen and oxygen atoms in total. The largest absolute Gasteiger partial charge is 0.481 e. The zero-order chi connectivity index (χ0) is 45.4. The summed E-state index contributed by atoms with van der Waals surface area (Å²) in [6.07, 6.45) is 6.88. The molecule has 1 saturated heterocycles. The van der Waals surface area contributed by atoms with Crippen molar-refractivity contribution >= 4 is 69.1 Å². The maximum Gasteiger partial charge on any atom is 0.481 e. The Bertz CT molecular complexity index is 1980. The van der Waals surface area contributed by atoms with E-state index in [2.05, 4.69) is 47.4 Å². The van der Waals surface area contributed by atoms with Gasteiger partial charge in [0.2, 0.25) is 16.9 Å². The number of carbonyl (C=O) groups excluding carboxylic acids is 3. The van der Waals surface area contributed by atoms with E-state index in [0.717, 1.165) is 41.8 Å². The molecule has 1 aliphatic rings. The molecule has 3 unspecified atom stereocenters. The maximum atomic E-state index is 12.7. The highest BCUT2D eigenvalue weighted by Gasteiger charge is 2.50. The molecular formula is C33H54N7O17P3S. The molecule has 0 radical (unpaired) electrons. The summed E-state index contributed by atoms with van der Waals surface area (Å²) in [6, 6.07) is 0. The number of phosphoric ester groups is 3. The van der Waals surface area contributed by atoms with Gasteiger partial charge < -0.3 is 50.9 Å². The number of aromatic nitrogens is 4. The number of hydrogen-bond donors (Lipinski definition) is 9. The Labute approximate surface area is 355 Å². The topological polar surface area (TPSA) is 364 Å². The lowest BCUT2D eigenvalue weighted by Crippen LogP contribution is -2.46. The van der Waals surface area contributed by atoms with E-state index in [4.69, 9.17) is 19.5 Å². The zero-order valence-corrected chi connectivity index (χ0v) is 37.1. The predicted octanol–water partition coefficient (Wildman–Crippen LogP) is 2.14. The second kappa shape index (κ2) is 24.2. The highest BCUT2D eigenvalue weighted by atomic mass is 32.2. The monoisotopic (exact) mass is 945 g/mol. The van der Waals surface area contributed by atoms with E-state index in [1.54, 1.807) is 6.08 Å². The van der Waals surface area contributed by atoms with Crippen LogP contribution in [0.2, 0.25) is 0 Å². The number of nitrogen functional groups attached to an aromatic ring is 1. The number of fused-ring (bicyclic) bond motifs is 1. The van der Waals surface area contributed by atoms with Crippen LogP contribution in [0.5, 0.6) is 0 Å².